The van der Waals surface area contributed by atoms with Crippen molar-refractivity contribution in [2.45, 2.75) is 19.9 Å². The van der Waals surface area contributed by atoms with Gasteiger partial charge in [0.2, 0.25) is 0 Å². The lowest BCUT2D eigenvalue weighted by Gasteiger charge is -2.05. The molecule has 5 nitrogen and oxygen atoms in total. The normalized spacial score (nSPS) is 10.3. The fourth-order valence-corrected chi connectivity index (χ4v) is 1.31. The van der Waals surface area contributed by atoms with E-state index in [0.717, 1.165) is 12.5 Å². The summed E-state index contributed by atoms with van der Waals surface area (Å²) in [6, 6.07) is 2.55. The number of aryl methyl sites for hydroxylation is 1. The van der Waals surface area contributed by atoms with Gasteiger partial charge in [-0.15, -0.1) is 0 Å². The maximum atomic E-state index is 11.5. The molecule has 1 aromatic rings. The summed E-state index contributed by atoms with van der Waals surface area (Å²) in [7, 11) is 0. The van der Waals surface area contributed by atoms with Crippen LogP contribution in [-0.2, 0) is 11.3 Å². The van der Waals surface area contributed by atoms with Crippen molar-refractivity contribution in [2.75, 3.05) is 13.2 Å². The first-order valence-corrected chi connectivity index (χ1v) is 5.16. The first kappa shape index (κ1) is 12.4. The molecule has 1 N–H and O–H groups in total. The van der Waals surface area contributed by atoms with Crippen LogP contribution in [0.15, 0.2) is 23.1 Å². The van der Waals surface area contributed by atoms with Crippen LogP contribution in [0.5, 0.6) is 0 Å². The molecule has 0 saturated carbocycles. The number of aromatic carboxylic acids is 1. The van der Waals surface area contributed by atoms with Gasteiger partial charge in [-0.05, 0) is 19.4 Å². The molecule has 0 aromatic carbocycles. The van der Waals surface area contributed by atoms with Crippen molar-refractivity contribution in [3.63, 3.8) is 0 Å². The van der Waals surface area contributed by atoms with Gasteiger partial charge in [0.05, 0.1) is 5.56 Å². The highest BCUT2D eigenvalue weighted by Crippen LogP contribution is 1.95. The van der Waals surface area contributed by atoms with Gasteiger partial charge in [-0.2, -0.15) is 0 Å². The number of hydrogen-bond donors (Lipinski definition) is 1. The topological polar surface area (TPSA) is 68.5 Å². The van der Waals surface area contributed by atoms with Gasteiger partial charge in [0, 0.05) is 32.0 Å². The standard InChI is InChI=1S/C11H15NO4/c1-2-16-7-3-5-12-6-4-9(11(14)15)8-10(12)13/h4,6,8H,2-3,5,7H2,1H3,(H,14,15). The second-order valence-corrected chi connectivity index (χ2v) is 3.30. The minimum Gasteiger partial charge on any atom is -0.478 e. The van der Waals surface area contributed by atoms with Crippen LogP contribution in [0.2, 0.25) is 0 Å². The molecular weight excluding hydrogens is 210 g/mol. The number of carboxylic acid groups (broad SMARTS) is 1. The summed E-state index contributed by atoms with van der Waals surface area (Å²) in [5.74, 6) is -1.08. The fourth-order valence-electron chi connectivity index (χ4n) is 1.31. The highest BCUT2D eigenvalue weighted by atomic mass is 16.5. The molecule has 0 fully saturated rings. The third-order valence-electron chi connectivity index (χ3n) is 2.13. The number of hydrogen-bond acceptors (Lipinski definition) is 3. The van der Waals surface area contributed by atoms with Gasteiger partial charge in [-0.3, -0.25) is 4.79 Å². The number of carbonyl (C=O) groups is 1. The van der Waals surface area contributed by atoms with Gasteiger partial charge in [-0.1, -0.05) is 0 Å². The highest BCUT2D eigenvalue weighted by Gasteiger charge is 2.04. The van der Waals surface area contributed by atoms with Gasteiger partial charge in [0.25, 0.3) is 5.56 Å². The number of pyridine rings is 1. The van der Waals surface area contributed by atoms with Crippen molar-refractivity contribution in [3.8, 4) is 0 Å². The Kier molecular flexibility index (Phi) is 4.72. The maximum absolute atomic E-state index is 11.5. The largest absolute Gasteiger partial charge is 0.478 e. The van der Waals surface area contributed by atoms with Crippen LogP contribution >= 0.6 is 0 Å². The van der Waals surface area contributed by atoms with Crippen molar-refractivity contribution >= 4 is 5.97 Å². The van der Waals surface area contributed by atoms with Crippen molar-refractivity contribution in [1.29, 1.82) is 0 Å². The lowest BCUT2D eigenvalue weighted by Crippen LogP contribution is -2.21. The molecule has 0 aliphatic carbocycles. The number of ether oxygens (including phenoxy) is 1. The Labute approximate surface area is 93.3 Å². The second kappa shape index (κ2) is 6.07. The van der Waals surface area contributed by atoms with Gasteiger partial charge >= 0.3 is 5.97 Å². The van der Waals surface area contributed by atoms with Crippen molar-refractivity contribution in [3.05, 3.63) is 34.2 Å². The summed E-state index contributed by atoms with van der Waals surface area (Å²) in [5.41, 5.74) is -0.276. The number of rotatable bonds is 6. The molecule has 0 aliphatic heterocycles. The number of aromatic nitrogens is 1. The molecular formula is C11H15NO4. The van der Waals surface area contributed by atoms with E-state index in [1.807, 2.05) is 6.92 Å². The average molecular weight is 225 g/mol. The average Bonchev–Trinajstić information content (AvgIpc) is 2.26. The van der Waals surface area contributed by atoms with E-state index in [1.54, 1.807) is 0 Å². The zero-order valence-corrected chi connectivity index (χ0v) is 9.18. The molecule has 1 rings (SSSR count). The molecule has 0 radical (unpaired) electrons. The summed E-state index contributed by atoms with van der Waals surface area (Å²) in [6.45, 7) is 3.71. The smallest absolute Gasteiger partial charge is 0.335 e. The van der Waals surface area contributed by atoms with E-state index in [0.29, 0.717) is 19.8 Å². The Morgan fingerprint density at radius 2 is 2.31 bits per heavy atom. The predicted molar refractivity (Wildman–Crippen MR) is 58.8 cm³/mol. The monoisotopic (exact) mass is 225 g/mol. The minimum absolute atomic E-state index is 0.0195. The third kappa shape index (κ3) is 3.51. The molecule has 0 aliphatic rings. The van der Waals surface area contributed by atoms with E-state index in [2.05, 4.69) is 0 Å². The Morgan fingerprint density at radius 3 is 2.88 bits per heavy atom. The molecule has 1 aromatic heterocycles. The van der Waals surface area contributed by atoms with Crippen LogP contribution in [0.1, 0.15) is 23.7 Å². The second-order valence-electron chi connectivity index (χ2n) is 3.30. The number of carboxylic acids is 1. The Bertz CT molecular complexity index is 411. The molecule has 5 heteroatoms. The summed E-state index contributed by atoms with van der Waals surface area (Å²) in [5, 5.41) is 8.68. The summed E-state index contributed by atoms with van der Waals surface area (Å²) < 4.78 is 6.63. The maximum Gasteiger partial charge on any atom is 0.335 e. The van der Waals surface area contributed by atoms with Gasteiger partial charge in [-0.25, -0.2) is 4.79 Å². The van der Waals surface area contributed by atoms with Crippen molar-refractivity contribution in [1.82, 2.24) is 4.57 Å². The van der Waals surface area contributed by atoms with Gasteiger partial charge in [0.1, 0.15) is 0 Å². The molecule has 0 atom stereocenters. The molecule has 88 valence electrons. The van der Waals surface area contributed by atoms with Gasteiger partial charge < -0.3 is 14.4 Å². The third-order valence-corrected chi connectivity index (χ3v) is 2.13. The van der Waals surface area contributed by atoms with Crippen LogP contribution in [0.25, 0.3) is 0 Å². The zero-order valence-electron chi connectivity index (χ0n) is 9.18. The highest BCUT2D eigenvalue weighted by molar-refractivity contribution is 5.87. The quantitative estimate of drug-likeness (QED) is 0.732. The molecule has 0 spiro atoms. The molecule has 0 bridgehead atoms. The minimum atomic E-state index is -1.08. The Hall–Kier alpha value is -1.62. The lowest BCUT2D eigenvalue weighted by atomic mass is 10.2. The predicted octanol–water partition coefficient (Wildman–Crippen LogP) is 0.973. The van der Waals surface area contributed by atoms with E-state index >= 15 is 0 Å². The zero-order chi connectivity index (χ0) is 12.0. The Balaban J connectivity index is 2.61. The van der Waals surface area contributed by atoms with Crippen LogP contribution in [0.3, 0.4) is 0 Å². The van der Waals surface area contributed by atoms with E-state index in [9.17, 15) is 9.59 Å². The lowest BCUT2D eigenvalue weighted by molar-refractivity contribution is 0.0696. The van der Waals surface area contributed by atoms with Crippen LogP contribution in [0, 0.1) is 0 Å². The summed E-state index contributed by atoms with van der Waals surface area (Å²) >= 11 is 0. The molecule has 0 amide bonds. The van der Waals surface area contributed by atoms with E-state index in [1.165, 1.54) is 16.8 Å². The van der Waals surface area contributed by atoms with Crippen LogP contribution in [0.4, 0.5) is 0 Å². The van der Waals surface area contributed by atoms with E-state index in [-0.39, 0.29) is 11.1 Å². The molecule has 0 unspecified atom stereocenters. The van der Waals surface area contributed by atoms with Crippen molar-refractivity contribution in [2.24, 2.45) is 0 Å². The fraction of sp³-hybridized carbons (Fsp3) is 0.455. The first-order chi connectivity index (χ1) is 7.65. The van der Waals surface area contributed by atoms with Crippen LogP contribution in [-0.4, -0.2) is 28.9 Å². The summed E-state index contributed by atoms with van der Waals surface area (Å²) in [6.07, 6.45) is 2.23. The van der Waals surface area contributed by atoms with E-state index < -0.39 is 5.97 Å². The molecule has 1 heterocycles. The van der Waals surface area contributed by atoms with Crippen LogP contribution < -0.4 is 5.56 Å². The molecule has 16 heavy (non-hydrogen) atoms. The summed E-state index contributed by atoms with van der Waals surface area (Å²) in [4.78, 5) is 22.1. The van der Waals surface area contributed by atoms with Gasteiger partial charge in [0.15, 0.2) is 0 Å². The number of nitrogens with zero attached hydrogens (tertiary/aromatic N) is 1. The Morgan fingerprint density at radius 1 is 1.56 bits per heavy atom. The first-order valence-electron chi connectivity index (χ1n) is 5.16. The molecule has 0 saturated heterocycles. The van der Waals surface area contributed by atoms with E-state index in [4.69, 9.17) is 9.84 Å². The van der Waals surface area contributed by atoms with Crippen molar-refractivity contribution < 1.29 is 14.6 Å². The SMILES string of the molecule is CCOCCCn1ccc(C(=O)O)cc1=O.